The largest absolute Gasteiger partial charge is 0.367 e. The molecule has 17 heavy (non-hydrogen) atoms. The van der Waals surface area contributed by atoms with Gasteiger partial charge in [0.15, 0.2) is 0 Å². The van der Waals surface area contributed by atoms with Crippen LogP contribution in [-0.4, -0.2) is 22.6 Å². The van der Waals surface area contributed by atoms with E-state index in [4.69, 9.17) is 11.6 Å². The maximum Gasteiger partial charge on any atom is 0.224 e. The second-order valence-corrected chi connectivity index (χ2v) is 5.16. The lowest BCUT2D eigenvalue weighted by Gasteiger charge is -2.21. The van der Waals surface area contributed by atoms with E-state index in [0.29, 0.717) is 11.3 Å². The molecule has 0 radical (unpaired) electrons. The zero-order valence-electron chi connectivity index (χ0n) is 9.80. The summed E-state index contributed by atoms with van der Waals surface area (Å²) >= 11 is 5.98. The van der Waals surface area contributed by atoms with Crippen molar-refractivity contribution in [2.45, 2.75) is 44.7 Å². The van der Waals surface area contributed by atoms with Crippen molar-refractivity contribution in [3.8, 4) is 0 Å². The van der Waals surface area contributed by atoms with Gasteiger partial charge in [-0.15, -0.1) is 0 Å². The number of rotatable bonds is 2. The van der Waals surface area contributed by atoms with E-state index in [9.17, 15) is 0 Å². The predicted molar refractivity (Wildman–Crippen MR) is 68.3 cm³/mol. The van der Waals surface area contributed by atoms with Crippen LogP contribution in [0.3, 0.4) is 0 Å². The molecular weight excluding hydrogens is 236 g/mol. The van der Waals surface area contributed by atoms with Crippen molar-refractivity contribution >= 4 is 17.4 Å². The minimum Gasteiger partial charge on any atom is -0.367 e. The van der Waals surface area contributed by atoms with E-state index in [0.717, 1.165) is 31.0 Å². The Labute approximate surface area is 106 Å². The van der Waals surface area contributed by atoms with E-state index in [1.165, 1.54) is 31.2 Å². The second-order valence-electron chi connectivity index (χ2n) is 4.82. The molecule has 0 amide bonds. The van der Waals surface area contributed by atoms with Crippen molar-refractivity contribution in [2.24, 2.45) is 0 Å². The molecule has 0 spiro atoms. The lowest BCUT2D eigenvalue weighted by molar-refractivity contribution is 0.621. The molecule has 4 nitrogen and oxygen atoms in total. The molecule has 1 aliphatic heterocycles. The standard InChI is InChI=1S/C12H17ClN4/c13-12-16-10-7-14-6-5-9(10)11(17-12)15-8-3-1-2-4-8/h8,14H,1-7H2,(H,15,16,17). The van der Waals surface area contributed by atoms with Crippen LogP contribution in [-0.2, 0) is 13.0 Å². The Morgan fingerprint density at radius 2 is 2.06 bits per heavy atom. The van der Waals surface area contributed by atoms with Crippen LogP contribution in [0.25, 0.3) is 0 Å². The zero-order chi connectivity index (χ0) is 11.7. The summed E-state index contributed by atoms with van der Waals surface area (Å²) in [5, 5.41) is 7.21. The van der Waals surface area contributed by atoms with Gasteiger partial charge in [0.05, 0.1) is 5.69 Å². The van der Waals surface area contributed by atoms with Crippen molar-refractivity contribution in [1.82, 2.24) is 15.3 Å². The van der Waals surface area contributed by atoms with E-state index < -0.39 is 0 Å². The molecule has 0 bridgehead atoms. The summed E-state index contributed by atoms with van der Waals surface area (Å²) < 4.78 is 0. The monoisotopic (exact) mass is 252 g/mol. The van der Waals surface area contributed by atoms with E-state index in [1.54, 1.807) is 0 Å². The van der Waals surface area contributed by atoms with E-state index in [-0.39, 0.29) is 0 Å². The first-order chi connectivity index (χ1) is 8.33. The van der Waals surface area contributed by atoms with Gasteiger partial charge in [-0.1, -0.05) is 12.8 Å². The van der Waals surface area contributed by atoms with E-state index in [1.807, 2.05) is 0 Å². The second kappa shape index (κ2) is 4.78. The highest BCUT2D eigenvalue weighted by Crippen LogP contribution is 2.26. The summed E-state index contributed by atoms with van der Waals surface area (Å²) in [5.41, 5.74) is 2.30. The third-order valence-electron chi connectivity index (χ3n) is 3.61. The van der Waals surface area contributed by atoms with Gasteiger partial charge in [0.2, 0.25) is 5.28 Å². The van der Waals surface area contributed by atoms with Gasteiger partial charge in [-0.05, 0) is 37.4 Å². The SMILES string of the molecule is Clc1nc2c(c(NC3CCCC3)n1)CCNC2. The lowest BCUT2D eigenvalue weighted by Crippen LogP contribution is -2.27. The zero-order valence-corrected chi connectivity index (χ0v) is 10.6. The van der Waals surface area contributed by atoms with Gasteiger partial charge in [0, 0.05) is 18.2 Å². The van der Waals surface area contributed by atoms with E-state index >= 15 is 0 Å². The van der Waals surface area contributed by atoms with Crippen LogP contribution in [0.1, 0.15) is 36.9 Å². The van der Waals surface area contributed by atoms with Gasteiger partial charge in [-0.25, -0.2) is 9.97 Å². The minimum atomic E-state index is 0.355. The molecule has 3 rings (SSSR count). The molecule has 0 aromatic carbocycles. The number of aromatic nitrogens is 2. The Balaban J connectivity index is 1.88. The summed E-state index contributed by atoms with van der Waals surface area (Å²) in [5.74, 6) is 0.966. The van der Waals surface area contributed by atoms with Crippen LogP contribution < -0.4 is 10.6 Å². The van der Waals surface area contributed by atoms with Gasteiger partial charge in [-0.3, -0.25) is 0 Å². The minimum absolute atomic E-state index is 0.355. The number of anilines is 1. The molecular formula is C12H17ClN4. The third kappa shape index (κ3) is 2.38. The van der Waals surface area contributed by atoms with Gasteiger partial charge < -0.3 is 10.6 Å². The number of nitrogens with one attached hydrogen (secondary N) is 2. The fraction of sp³-hybridized carbons (Fsp3) is 0.667. The fourth-order valence-electron chi connectivity index (χ4n) is 2.71. The molecule has 1 aromatic heterocycles. The Bertz CT molecular complexity index is 415. The van der Waals surface area contributed by atoms with Crippen LogP contribution in [0.15, 0.2) is 0 Å². The van der Waals surface area contributed by atoms with Gasteiger partial charge in [0.1, 0.15) is 5.82 Å². The quantitative estimate of drug-likeness (QED) is 0.792. The molecule has 0 saturated heterocycles. The van der Waals surface area contributed by atoms with Crippen molar-refractivity contribution in [2.75, 3.05) is 11.9 Å². The van der Waals surface area contributed by atoms with Crippen molar-refractivity contribution < 1.29 is 0 Å². The Hall–Kier alpha value is -0.870. The number of hydrogen-bond donors (Lipinski definition) is 2. The maximum atomic E-state index is 5.98. The molecule has 2 N–H and O–H groups in total. The predicted octanol–water partition coefficient (Wildman–Crippen LogP) is 2.13. The molecule has 92 valence electrons. The van der Waals surface area contributed by atoms with E-state index in [2.05, 4.69) is 20.6 Å². The van der Waals surface area contributed by atoms with Gasteiger partial charge in [-0.2, -0.15) is 0 Å². The van der Waals surface area contributed by atoms with Gasteiger partial charge >= 0.3 is 0 Å². The first kappa shape index (κ1) is 11.2. The van der Waals surface area contributed by atoms with Gasteiger partial charge in [0.25, 0.3) is 0 Å². The number of nitrogens with zero attached hydrogens (tertiary/aromatic N) is 2. The van der Waals surface area contributed by atoms with Crippen LogP contribution in [0.2, 0.25) is 5.28 Å². The first-order valence-electron chi connectivity index (χ1n) is 6.35. The Morgan fingerprint density at radius 1 is 1.24 bits per heavy atom. The fourth-order valence-corrected chi connectivity index (χ4v) is 2.90. The molecule has 1 aliphatic carbocycles. The molecule has 0 atom stereocenters. The summed E-state index contributed by atoms with van der Waals surface area (Å²) in [6, 6.07) is 0.569. The first-order valence-corrected chi connectivity index (χ1v) is 6.73. The summed E-state index contributed by atoms with van der Waals surface area (Å²) in [6.07, 6.45) is 6.12. The molecule has 1 aromatic rings. The highest BCUT2D eigenvalue weighted by molar-refractivity contribution is 6.28. The van der Waals surface area contributed by atoms with Crippen molar-refractivity contribution in [1.29, 1.82) is 0 Å². The average molecular weight is 253 g/mol. The Kier molecular flexibility index (Phi) is 3.16. The highest BCUT2D eigenvalue weighted by Gasteiger charge is 2.21. The van der Waals surface area contributed by atoms with Crippen LogP contribution >= 0.6 is 11.6 Å². The molecule has 2 aliphatic rings. The average Bonchev–Trinajstić information content (AvgIpc) is 2.81. The smallest absolute Gasteiger partial charge is 0.224 e. The number of hydrogen-bond acceptors (Lipinski definition) is 4. The van der Waals surface area contributed by atoms with Crippen LogP contribution in [0.5, 0.6) is 0 Å². The Morgan fingerprint density at radius 3 is 2.88 bits per heavy atom. The van der Waals surface area contributed by atoms with Crippen molar-refractivity contribution in [3.63, 3.8) is 0 Å². The molecule has 5 heteroatoms. The topological polar surface area (TPSA) is 49.8 Å². The summed E-state index contributed by atoms with van der Waals surface area (Å²) in [6.45, 7) is 1.80. The normalized spacial score (nSPS) is 20.3. The summed E-state index contributed by atoms with van der Waals surface area (Å²) in [4.78, 5) is 8.67. The van der Waals surface area contributed by atoms with Crippen LogP contribution in [0.4, 0.5) is 5.82 Å². The van der Waals surface area contributed by atoms with Crippen LogP contribution in [0, 0.1) is 0 Å². The summed E-state index contributed by atoms with van der Waals surface area (Å²) in [7, 11) is 0. The molecule has 1 fully saturated rings. The lowest BCUT2D eigenvalue weighted by atomic mass is 10.1. The highest BCUT2D eigenvalue weighted by atomic mass is 35.5. The molecule has 1 saturated carbocycles. The number of fused-ring (bicyclic) bond motifs is 1. The number of halogens is 1. The maximum absolute atomic E-state index is 5.98. The third-order valence-corrected chi connectivity index (χ3v) is 3.77. The molecule has 2 heterocycles. The van der Waals surface area contributed by atoms with Crippen molar-refractivity contribution in [3.05, 3.63) is 16.5 Å². The molecule has 0 unspecified atom stereocenters.